The summed E-state index contributed by atoms with van der Waals surface area (Å²) in [5.41, 5.74) is 3.79. The molecule has 0 aliphatic carbocycles. The van der Waals surface area contributed by atoms with E-state index in [1.54, 1.807) is 36.7 Å². The molecule has 0 radical (unpaired) electrons. The molecule has 1 amide bonds. The normalized spacial score (nSPS) is 12.7. The first kappa shape index (κ1) is 21.9. The fourth-order valence-corrected chi connectivity index (χ4v) is 4.25. The Morgan fingerprint density at radius 3 is 2.60 bits per heavy atom. The van der Waals surface area contributed by atoms with Crippen LogP contribution in [0.2, 0.25) is 0 Å². The molecular formula is C20H21N3O5S2. The van der Waals surface area contributed by atoms with Crippen LogP contribution in [0.15, 0.2) is 46.8 Å². The lowest BCUT2D eigenvalue weighted by atomic mass is 10.2. The van der Waals surface area contributed by atoms with Crippen LogP contribution in [0.1, 0.15) is 22.8 Å². The first-order valence-corrected chi connectivity index (χ1v) is 11.3. The Bertz CT molecular complexity index is 1220. The smallest absolute Gasteiger partial charge is 0.338 e. The summed E-state index contributed by atoms with van der Waals surface area (Å²) >= 11 is 1.40. The van der Waals surface area contributed by atoms with E-state index in [4.69, 9.17) is 4.74 Å². The van der Waals surface area contributed by atoms with Gasteiger partial charge in [0.1, 0.15) is 0 Å². The van der Waals surface area contributed by atoms with Gasteiger partial charge in [-0.1, -0.05) is 6.07 Å². The minimum atomic E-state index is -3.65. The zero-order valence-corrected chi connectivity index (χ0v) is 18.5. The molecule has 158 valence electrons. The maximum Gasteiger partial charge on any atom is 0.338 e. The van der Waals surface area contributed by atoms with Gasteiger partial charge in [-0.05, 0) is 49.7 Å². The SMILES string of the molecule is Cc1ccc(S(=O)(=O)N(C)C)cc1NC(=O)[C@H](C)OC(=O)c1ccc2ncsc2c1. The molecular weight excluding hydrogens is 426 g/mol. The summed E-state index contributed by atoms with van der Waals surface area (Å²) < 4.78 is 31.9. The van der Waals surface area contributed by atoms with E-state index in [1.807, 2.05) is 0 Å². The van der Waals surface area contributed by atoms with Gasteiger partial charge in [0.2, 0.25) is 10.0 Å². The Labute approximate surface area is 178 Å². The maximum atomic E-state index is 12.5. The predicted octanol–water partition coefficient (Wildman–Crippen LogP) is 3.04. The molecule has 0 saturated heterocycles. The molecule has 0 spiro atoms. The molecule has 2 aromatic carbocycles. The Kier molecular flexibility index (Phi) is 6.20. The van der Waals surface area contributed by atoms with E-state index in [-0.39, 0.29) is 4.90 Å². The van der Waals surface area contributed by atoms with E-state index in [2.05, 4.69) is 10.3 Å². The number of anilines is 1. The molecule has 30 heavy (non-hydrogen) atoms. The number of ether oxygens (including phenoxy) is 1. The number of hydrogen-bond donors (Lipinski definition) is 1. The van der Waals surface area contributed by atoms with Crippen molar-refractivity contribution < 1.29 is 22.7 Å². The zero-order valence-electron chi connectivity index (χ0n) is 16.9. The topological polar surface area (TPSA) is 106 Å². The number of benzene rings is 2. The molecule has 0 unspecified atom stereocenters. The summed E-state index contributed by atoms with van der Waals surface area (Å²) in [5.74, 6) is -1.20. The number of nitrogens with zero attached hydrogens (tertiary/aromatic N) is 2. The van der Waals surface area contributed by atoms with Gasteiger partial charge in [-0.25, -0.2) is 22.5 Å². The lowest BCUT2D eigenvalue weighted by Crippen LogP contribution is -2.30. The van der Waals surface area contributed by atoms with Crippen LogP contribution in [-0.4, -0.2) is 49.8 Å². The minimum Gasteiger partial charge on any atom is -0.449 e. The van der Waals surface area contributed by atoms with E-state index < -0.39 is 28.0 Å². The van der Waals surface area contributed by atoms with Crippen molar-refractivity contribution in [2.75, 3.05) is 19.4 Å². The fraction of sp³-hybridized carbons (Fsp3) is 0.250. The number of fused-ring (bicyclic) bond motifs is 1. The zero-order chi connectivity index (χ0) is 22.1. The Morgan fingerprint density at radius 2 is 1.90 bits per heavy atom. The quantitative estimate of drug-likeness (QED) is 0.582. The molecule has 1 atom stereocenters. The highest BCUT2D eigenvalue weighted by Gasteiger charge is 2.22. The first-order valence-electron chi connectivity index (χ1n) is 8.98. The Morgan fingerprint density at radius 1 is 1.17 bits per heavy atom. The van der Waals surface area contributed by atoms with Crippen molar-refractivity contribution in [3.63, 3.8) is 0 Å². The van der Waals surface area contributed by atoms with E-state index in [0.29, 0.717) is 16.8 Å². The lowest BCUT2D eigenvalue weighted by molar-refractivity contribution is -0.123. The van der Waals surface area contributed by atoms with Crippen molar-refractivity contribution in [2.45, 2.75) is 24.8 Å². The number of carbonyl (C=O) groups excluding carboxylic acids is 2. The number of rotatable bonds is 6. The third-order valence-corrected chi connectivity index (χ3v) is 7.07. The summed E-state index contributed by atoms with van der Waals surface area (Å²) in [6, 6.07) is 9.43. The second kappa shape index (κ2) is 8.50. The van der Waals surface area contributed by atoms with Gasteiger partial charge >= 0.3 is 5.97 Å². The van der Waals surface area contributed by atoms with Crippen LogP contribution < -0.4 is 5.32 Å². The molecule has 0 aliphatic heterocycles. The van der Waals surface area contributed by atoms with Crippen LogP contribution in [-0.2, 0) is 19.6 Å². The Hall–Kier alpha value is -2.82. The summed E-state index contributed by atoms with van der Waals surface area (Å²) in [7, 11) is -0.790. The van der Waals surface area contributed by atoms with Crippen molar-refractivity contribution >= 4 is 49.1 Å². The van der Waals surface area contributed by atoms with Crippen molar-refractivity contribution in [1.82, 2.24) is 9.29 Å². The van der Waals surface area contributed by atoms with Gasteiger partial charge in [0, 0.05) is 19.8 Å². The van der Waals surface area contributed by atoms with Gasteiger partial charge in [-0.15, -0.1) is 11.3 Å². The monoisotopic (exact) mass is 447 g/mol. The van der Waals surface area contributed by atoms with Crippen molar-refractivity contribution in [3.05, 3.63) is 53.0 Å². The third kappa shape index (κ3) is 4.50. The number of aromatic nitrogens is 1. The standard InChI is InChI=1S/C20H21N3O5S2/c1-12-5-7-15(30(26,27)23(3)4)10-17(12)22-19(24)13(2)28-20(25)14-6-8-16-18(9-14)29-11-21-16/h5-11,13H,1-4H3,(H,22,24)/t13-/m0/s1. The van der Waals surface area contributed by atoms with Crippen LogP contribution >= 0.6 is 11.3 Å². The van der Waals surface area contributed by atoms with Crippen LogP contribution in [0, 0.1) is 6.92 Å². The highest BCUT2D eigenvalue weighted by Crippen LogP contribution is 2.23. The van der Waals surface area contributed by atoms with Gasteiger partial charge in [0.05, 0.1) is 26.2 Å². The highest BCUT2D eigenvalue weighted by molar-refractivity contribution is 7.89. The molecule has 3 aromatic rings. The molecule has 8 nitrogen and oxygen atoms in total. The van der Waals surface area contributed by atoms with Crippen LogP contribution in [0.5, 0.6) is 0 Å². The summed E-state index contributed by atoms with van der Waals surface area (Å²) in [5, 5.41) is 2.64. The molecule has 10 heteroatoms. The number of nitrogens with one attached hydrogen (secondary N) is 1. The van der Waals surface area contributed by atoms with E-state index in [9.17, 15) is 18.0 Å². The molecule has 0 aliphatic rings. The number of carbonyl (C=O) groups is 2. The van der Waals surface area contributed by atoms with E-state index >= 15 is 0 Å². The summed E-state index contributed by atoms with van der Waals surface area (Å²) in [6.45, 7) is 3.19. The lowest BCUT2D eigenvalue weighted by Gasteiger charge is -2.17. The van der Waals surface area contributed by atoms with E-state index in [0.717, 1.165) is 14.5 Å². The summed E-state index contributed by atoms with van der Waals surface area (Å²) in [6.07, 6.45) is -1.08. The largest absolute Gasteiger partial charge is 0.449 e. The third-order valence-electron chi connectivity index (χ3n) is 4.47. The summed E-state index contributed by atoms with van der Waals surface area (Å²) in [4.78, 5) is 29.2. The fourth-order valence-electron chi connectivity index (χ4n) is 2.61. The number of sulfonamides is 1. The van der Waals surface area contributed by atoms with Crippen molar-refractivity contribution in [3.8, 4) is 0 Å². The molecule has 0 fully saturated rings. The van der Waals surface area contributed by atoms with Gasteiger partial charge in [0.15, 0.2) is 6.10 Å². The minimum absolute atomic E-state index is 0.0518. The Balaban J connectivity index is 1.73. The van der Waals surface area contributed by atoms with Gasteiger partial charge in [-0.3, -0.25) is 4.79 Å². The van der Waals surface area contributed by atoms with Crippen molar-refractivity contribution in [1.29, 1.82) is 0 Å². The second-order valence-corrected chi connectivity index (χ2v) is 9.87. The second-order valence-electron chi connectivity index (χ2n) is 6.84. The number of hydrogen-bond acceptors (Lipinski definition) is 7. The van der Waals surface area contributed by atoms with Gasteiger partial charge < -0.3 is 10.1 Å². The van der Waals surface area contributed by atoms with Gasteiger partial charge in [-0.2, -0.15) is 0 Å². The predicted molar refractivity (Wildman–Crippen MR) is 115 cm³/mol. The molecule has 3 rings (SSSR count). The average molecular weight is 448 g/mol. The average Bonchev–Trinajstić information content (AvgIpc) is 3.17. The van der Waals surface area contributed by atoms with Crippen LogP contribution in [0.3, 0.4) is 0 Å². The number of thiazole rings is 1. The molecule has 0 saturated carbocycles. The van der Waals surface area contributed by atoms with Crippen LogP contribution in [0.4, 0.5) is 5.69 Å². The highest BCUT2D eigenvalue weighted by atomic mass is 32.2. The number of aryl methyl sites for hydroxylation is 1. The van der Waals surface area contributed by atoms with E-state index in [1.165, 1.54) is 44.5 Å². The van der Waals surface area contributed by atoms with Gasteiger partial charge in [0.25, 0.3) is 5.91 Å². The molecule has 0 bridgehead atoms. The number of amides is 1. The van der Waals surface area contributed by atoms with Crippen LogP contribution in [0.25, 0.3) is 10.2 Å². The molecule has 1 aromatic heterocycles. The molecule has 1 N–H and O–H groups in total. The molecule has 1 heterocycles. The first-order chi connectivity index (χ1) is 14.1. The maximum absolute atomic E-state index is 12.5. The van der Waals surface area contributed by atoms with Crippen molar-refractivity contribution in [2.24, 2.45) is 0 Å². The number of esters is 1.